The van der Waals surface area contributed by atoms with Crippen molar-refractivity contribution in [2.75, 3.05) is 20.3 Å². The van der Waals surface area contributed by atoms with E-state index < -0.39 is 0 Å². The zero-order valence-electron chi connectivity index (χ0n) is 6.75. The molecule has 4 heteroatoms. The second-order valence-corrected chi connectivity index (χ2v) is 2.73. The molecule has 1 fully saturated rings. The molecule has 0 aromatic carbocycles. The average Bonchev–Trinajstić information content (AvgIpc) is 2.53. The molecule has 2 radical (unpaired) electrons. The van der Waals surface area contributed by atoms with Gasteiger partial charge in [-0.1, -0.05) is 0 Å². The molecular formula is C7H12BNO2. The summed E-state index contributed by atoms with van der Waals surface area (Å²) in [5.41, 5.74) is 0. The van der Waals surface area contributed by atoms with Crippen LogP contribution in [0.4, 0.5) is 0 Å². The molecule has 0 bridgehead atoms. The van der Waals surface area contributed by atoms with Crippen molar-refractivity contribution in [2.24, 2.45) is 0 Å². The molecule has 0 aromatic rings. The van der Waals surface area contributed by atoms with E-state index in [4.69, 9.17) is 12.6 Å². The van der Waals surface area contributed by atoms with Gasteiger partial charge in [0.1, 0.15) is 0 Å². The molecule has 1 amide bonds. The van der Waals surface area contributed by atoms with Crippen molar-refractivity contribution in [2.45, 2.75) is 18.8 Å². The van der Waals surface area contributed by atoms with Crippen LogP contribution in [0, 0.1) is 0 Å². The number of carbonyl (C=O) groups is 1. The van der Waals surface area contributed by atoms with Crippen molar-refractivity contribution in [3.8, 4) is 0 Å². The summed E-state index contributed by atoms with van der Waals surface area (Å²) >= 11 is 0. The van der Waals surface area contributed by atoms with E-state index in [1.54, 1.807) is 11.9 Å². The van der Waals surface area contributed by atoms with Crippen LogP contribution in [0.5, 0.6) is 0 Å². The van der Waals surface area contributed by atoms with Crippen LogP contribution in [0.25, 0.3) is 0 Å². The van der Waals surface area contributed by atoms with Crippen LogP contribution in [0.2, 0.25) is 6.32 Å². The van der Waals surface area contributed by atoms with E-state index in [1.807, 2.05) is 0 Å². The number of hydrogen-bond acceptors (Lipinski definition) is 2. The number of amides is 1. The van der Waals surface area contributed by atoms with Gasteiger partial charge in [0, 0.05) is 13.7 Å². The Kier molecular flexibility index (Phi) is 2.94. The van der Waals surface area contributed by atoms with Gasteiger partial charge in [-0.25, -0.2) is 0 Å². The van der Waals surface area contributed by atoms with Gasteiger partial charge >= 0.3 is 0 Å². The minimum Gasteiger partial charge on any atom is -0.379 e. The second kappa shape index (κ2) is 3.76. The normalized spacial score (nSPS) is 23.5. The molecule has 0 saturated carbocycles. The number of ether oxygens (including phenoxy) is 1. The maximum absolute atomic E-state index is 11.0. The largest absolute Gasteiger partial charge is 0.379 e. The molecule has 1 aliphatic heterocycles. The Labute approximate surface area is 68.1 Å². The molecule has 1 aliphatic rings. The molecule has 1 saturated heterocycles. The monoisotopic (exact) mass is 153 g/mol. The quantitative estimate of drug-likeness (QED) is 0.515. The molecule has 60 valence electrons. The van der Waals surface area contributed by atoms with Gasteiger partial charge in [0.25, 0.3) is 0 Å². The van der Waals surface area contributed by atoms with E-state index in [-0.39, 0.29) is 18.3 Å². The Balaban J connectivity index is 2.39. The lowest BCUT2D eigenvalue weighted by Gasteiger charge is -2.22. The van der Waals surface area contributed by atoms with Crippen LogP contribution in [0.1, 0.15) is 6.42 Å². The van der Waals surface area contributed by atoms with Gasteiger partial charge in [-0.15, -0.1) is 0 Å². The highest BCUT2D eigenvalue weighted by molar-refractivity contribution is 6.19. The number of likely N-dealkylation sites (N-methyl/N-ethyl adjacent to an activating group) is 1. The van der Waals surface area contributed by atoms with Crippen LogP contribution in [-0.4, -0.2) is 45.0 Å². The molecule has 0 aromatic heterocycles. The van der Waals surface area contributed by atoms with E-state index >= 15 is 0 Å². The zero-order valence-corrected chi connectivity index (χ0v) is 6.75. The van der Waals surface area contributed by atoms with Gasteiger partial charge in [-0.05, 0) is 12.7 Å². The summed E-state index contributed by atoms with van der Waals surface area (Å²) in [6.07, 6.45) is 1.02. The predicted octanol–water partition coefficient (Wildman–Crippen LogP) is -0.179. The van der Waals surface area contributed by atoms with Gasteiger partial charge < -0.3 is 9.64 Å². The summed E-state index contributed by atoms with van der Waals surface area (Å²) in [6, 6.07) is 0.242. The summed E-state index contributed by atoms with van der Waals surface area (Å²) < 4.78 is 5.14. The number of nitrogens with zero attached hydrogens (tertiary/aromatic N) is 1. The lowest BCUT2D eigenvalue weighted by molar-refractivity contribution is -0.129. The smallest absolute Gasteiger partial charge is 0.213 e. The van der Waals surface area contributed by atoms with Gasteiger partial charge in [0.2, 0.25) is 5.91 Å². The Morgan fingerprint density at radius 2 is 2.55 bits per heavy atom. The third-order valence-corrected chi connectivity index (χ3v) is 2.02. The summed E-state index contributed by atoms with van der Waals surface area (Å²) in [5.74, 6) is -0.0134. The predicted molar refractivity (Wildman–Crippen MR) is 42.6 cm³/mol. The summed E-state index contributed by atoms with van der Waals surface area (Å²) in [6.45, 7) is 1.41. The minimum absolute atomic E-state index is 0.0134. The molecule has 1 atom stereocenters. The van der Waals surface area contributed by atoms with Crippen molar-refractivity contribution in [1.82, 2.24) is 4.90 Å². The van der Waals surface area contributed by atoms with E-state index in [9.17, 15) is 4.79 Å². The Morgan fingerprint density at radius 1 is 1.82 bits per heavy atom. The van der Waals surface area contributed by atoms with Crippen LogP contribution in [0.3, 0.4) is 0 Å². The van der Waals surface area contributed by atoms with Gasteiger partial charge in [-0.2, -0.15) is 0 Å². The Bertz CT molecular complexity index is 145. The van der Waals surface area contributed by atoms with Crippen LogP contribution >= 0.6 is 0 Å². The van der Waals surface area contributed by atoms with E-state index in [2.05, 4.69) is 0 Å². The first-order chi connectivity index (χ1) is 5.25. The van der Waals surface area contributed by atoms with Crippen molar-refractivity contribution < 1.29 is 9.53 Å². The highest BCUT2D eigenvalue weighted by Crippen LogP contribution is 2.10. The maximum Gasteiger partial charge on any atom is 0.213 e. The van der Waals surface area contributed by atoms with Crippen molar-refractivity contribution in [3.05, 3.63) is 0 Å². The fourth-order valence-electron chi connectivity index (χ4n) is 1.18. The first kappa shape index (κ1) is 8.59. The topological polar surface area (TPSA) is 29.5 Å². The number of hydrogen-bond donors (Lipinski definition) is 0. The Hall–Kier alpha value is -0.505. The second-order valence-electron chi connectivity index (χ2n) is 2.73. The van der Waals surface area contributed by atoms with Crippen LogP contribution in [0.15, 0.2) is 0 Å². The molecular weight excluding hydrogens is 141 g/mol. The van der Waals surface area contributed by atoms with Gasteiger partial charge in [0.05, 0.1) is 20.5 Å². The van der Waals surface area contributed by atoms with Crippen molar-refractivity contribution in [1.29, 1.82) is 0 Å². The molecule has 0 aliphatic carbocycles. The summed E-state index contributed by atoms with van der Waals surface area (Å²) in [7, 11) is 6.98. The molecule has 3 nitrogen and oxygen atoms in total. The lowest BCUT2D eigenvalue weighted by atomic mass is 10.0. The first-order valence-corrected chi connectivity index (χ1v) is 3.79. The lowest BCUT2D eigenvalue weighted by Crippen LogP contribution is -2.36. The standard InChI is InChI=1S/C7H12BNO2/c1-9(7(10)4-8)6-2-3-11-5-6/h6H,2-5H2,1H3/t6-/m1/s1. The highest BCUT2D eigenvalue weighted by atomic mass is 16.5. The minimum atomic E-state index is -0.0134. The molecule has 1 rings (SSSR count). The van der Waals surface area contributed by atoms with E-state index in [0.717, 1.165) is 13.0 Å². The third kappa shape index (κ3) is 1.96. The fourth-order valence-corrected chi connectivity index (χ4v) is 1.18. The molecule has 1 heterocycles. The third-order valence-electron chi connectivity index (χ3n) is 2.02. The van der Waals surface area contributed by atoms with E-state index in [1.165, 1.54) is 0 Å². The van der Waals surface area contributed by atoms with E-state index in [0.29, 0.717) is 6.61 Å². The average molecular weight is 153 g/mol. The van der Waals surface area contributed by atoms with Gasteiger partial charge in [0.15, 0.2) is 0 Å². The molecule has 11 heavy (non-hydrogen) atoms. The van der Waals surface area contributed by atoms with Crippen molar-refractivity contribution >= 4 is 13.8 Å². The van der Waals surface area contributed by atoms with Crippen molar-refractivity contribution in [3.63, 3.8) is 0 Å². The summed E-state index contributed by atoms with van der Waals surface area (Å²) in [5, 5.41) is 0. The number of rotatable bonds is 2. The van der Waals surface area contributed by atoms with Crippen LogP contribution in [-0.2, 0) is 9.53 Å². The maximum atomic E-state index is 11.0. The SMILES string of the molecule is [B]CC(=O)N(C)[C@@H]1CCOC1. The fraction of sp³-hybridized carbons (Fsp3) is 0.857. The number of carbonyl (C=O) groups excluding carboxylic acids is 1. The molecule has 0 N–H and O–H groups in total. The van der Waals surface area contributed by atoms with Crippen LogP contribution < -0.4 is 0 Å². The summed E-state index contributed by atoms with van der Waals surface area (Å²) in [4.78, 5) is 12.7. The molecule has 0 spiro atoms. The molecule has 0 unspecified atom stereocenters. The zero-order chi connectivity index (χ0) is 8.27. The highest BCUT2D eigenvalue weighted by Gasteiger charge is 2.22. The first-order valence-electron chi connectivity index (χ1n) is 3.79. The van der Waals surface area contributed by atoms with Gasteiger partial charge in [-0.3, -0.25) is 4.79 Å². The Morgan fingerprint density at radius 3 is 3.00 bits per heavy atom.